The van der Waals surface area contributed by atoms with E-state index in [1.54, 1.807) is 36.4 Å². The molecule has 2 fully saturated rings. The van der Waals surface area contributed by atoms with E-state index in [1.165, 1.54) is 12.1 Å². The van der Waals surface area contributed by atoms with E-state index in [2.05, 4.69) is 41.5 Å². The number of carbonyl (C=O) groups is 3. The van der Waals surface area contributed by atoms with Gasteiger partial charge in [-0.15, -0.1) is 0 Å². The molecule has 2 aliphatic carbocycles. The summed E-state index contributed by atoms with van der Waals surface area (Å²) in [5.41, 5.74) is 1.45. The van der Waals surface area contributed by atoms with Crippen LogP contribution in [0.2, 0.25) is 5.02 Å². The molecule has 4 aromatic rings. The Morgan fingerprint density at radius 3 is 2.19 bits per heavy atom. The number of nitrogens with zero attached hydrogens (tertiary/aromatic N) is 3. The zero-order chi connectivity index (χ0) is 36.9. The highest BCUT2D eigenvalue weighted by Crippen LogP contribution is 2.48. The van der Waals surface area contributed by atoms with Gasteiger partial charge in [0.1, 0.15) is 5.82 Å². The summed E-state index contributed by atoms with van der Waals surface area (Å²) < 4.78 is 56.8. The molecule has 52 heavy (non-hydrogen) atoms. The first-order valence-electron chi connectivity index (χ1n) is 16.4. The Hall–Kier alpha value is -5.51. The van der Waals surface area contributed by atoms with Gasteiger partial charge in [-0.25, -0.2) is 4.39 Å². The van der Waals surface area contributed by atoms with E-state index in [0.717, 1.165) is 43.4 Å². The molecule has 0 bridgehead atoms. The molecule has 12 nitrogen and oxygen atoms in total. The molecule has 272 valence electrons. The van der Waals surface area contributed by atoms with Crippen molar-refractivity contribution in [2.75, 3.05) is 29.1 Å². The Kier molecular flexibility index (Phi) is 10.7. The average molecular weight is 741 g/mol. The van der Waals surface area contributed by atoms with Crippen molar-refractivity contribution >= 4 is 52.6 Å². The summed E-state index contributed by atoms with van der Waals surface area (Å²) in [5.74, 6) is -2.75. The molecule has 0 spiro atoms. The fraction of sp³-hybridized carbons (Fsp3) is 0.314. The Morgan fingerprint density at radius 1 is 0.846 bits per heavy atom. The number of hydrogen-bond donors (Lipinski definition) is 5. The van der Waals surface area contributed by atoms with Gasteiger partial charge in [0.2, 0.25) is 11.9 Å². The minimum Gasteiger partial charge on any atom is -0.454 e. The van der Waals surface area contributed by atoms with Crippen LogP contribution in [0.5, 0.6) is 6.01 Å². The molecule has 17 heteroatoms. The zero-order valence-corrected chi connectivity index (χ0v) is 28.2. The van der Waals surface area contributed by atoms with Crippen LogP contribution in [0.3, 0.4) is 0 Å². The van der Waals surface area contributed by atoms with Crippen molar-refractivity contribution in [1.29, 1.82) is 0 Å². The van der Waals surface area contributed by atoms with E-state index < -0.39 is 42.0 Å². The first kappa shape index (κ1) is 36.3. The van der Waals surface area contributed by atoms with Crippen molar-refractivity contribution in [3.8, 4) is 6.01 Å². The van der Waals surface area contributed by atoms with Crippen LogP contribution in [-0.2, 0) is 15.1 Å². The summed E-state index contributed by atoms with van der Waals surface area (Å²) >= 11 is 6.03. The SMILES string of the molecule is O=C(NC[C@H]1CCC[C@H]1NC(=O)c1ccc(Nc2nc(NC3(c4ccc(Cl)cc4)CC3)nc(OCC(F)(F)F)n2)cc1)C(=O)Nc1ccc(F)cc1. The van der Waals surface area contributed by atoms with Crippen LogP contribution in [0, 0.1) is 11.7 Å². The first-order valence-corrected chi connectivity index (χ1v) is 16.7. The summed E-state index contributed by atoms with van der Waals surface area (Å²) in [5, 5.41) is 14.7. The van der Waals surface area contributed by atoms with Crippen molar-refractivity contribution in [3.05, 3.63) is 94.8 Å². The molecule has 0 aliphatic heterocycles. The average Bonchev–Trinajstić information content (AvgIpc) is 3.76. The van der Waals surface area contributed by atoms with E-state index in [0.29, 0.717) is 22.7 Å². The van der Waals surface area contributed by atoms with Crippen LogP contribution in [-0.4, -0.2) is 58.0 Å². The second-order valence-electron chi connectivity index (χ2n) is 12.5. The fourth-order valence-corrected chi connectivity index (χ4v) is 5.98. The number of benzene rings is 3. The van der Waals surface area contributed by atoms with Crippen molar-refractivity contribution < 1.29 is 36.7 Å². The molecule has 0 unspecified atom stereocenters. The standard InChI is InChI=1S/C35H33ClF4N8O4/c36-23-8-6-22(7-9-23)34(16-17-34)48-32-45-31(46-33(47-32)52-19-35(38,39)40)43-26-12-4-20(5-13-26)28(49)44-27-3-1-2-21(27)18-41-29(50)30(51)42-25-14-10-24(37)11-15-25/h4-15,21,27H,1-3,16-19H2,(H,41,50)(H,42,51)(H,44,49)(H2,43,45,46,47,48)/t21-,27-/m1/s1. The van der Waals surface area contributed by atoms with Gasteiger partial charge in [-0.2, -0.15) is 28.1 Å². The molecule has 2 atom stereocenters. The van der Waals surface area contributed by atoms with Gasteiger partial charge in [-0.05, 0) is 97.8 Å². The monoisotopic (exact) mass is 740 g/mol. The second-order valence-corrected chi connectivity index (χ2v) is 13.0. The third kappa shape index (κ3) is 9.63. The Bertz CT molecular complexity index is 1910. The van der Waals surface area contributed by atoms with E-state index in [4.69, 9.17) is 16.3 Å². The van der Waals surface area contributed by atoms with E-state index >= 15 is 0 Å². The first-order chi connectivity index (χ1) is 24.8. The van der Waals surface area contributed by atoms with Gasteiger partial charge >= 0.3 is 24.0 Å². The summed E-state index contributed by atoms with van der Waals surface area (Å²) in [6, 6.07) is 17.7. The summed E-state index contributed by atoms with van der Waals surface area (Å²) in [6.45, 7) is -1.43. The second kappa shape index (κ2) is 15.4. The van der Waals surface area contributed by atoms with Crippen molar-refractivity contribution in [1.82, 2.24) is 25.6 Å². The molecule has 1 aromatic heterocycles. The quantitative estimate of drug-likeness (QED) is 0.0855. The van der Waals surface area contributed by atoms with Gasteiger partial charge in [0.25, 0.3) is 5.91 Å². The van der Waals surface area contributed by atoms with Gasteiger partial charge in [0.15, 0.2) is 6.61 Å². The maximum atomic E-state index is 13.1. The molecule has 5 N–H and O–H groups in total. The lowest BCUT2D eigenvalue weighted by Gasteiger charge is -2.21. The van der Waals surface area contributed by atoms with Crippen LogP contribution in [0.4, 0.5) is 40.8 Å². The number of rotatable bonds is 12. The van der Waals surface area contributed by atoms with Crippen LogP contribution in [0.25, 0.3) is 0 Å². The smallest absolute Gasteiger partial charge is 0.422 e. The minimum absolute atomic E-state index is 0.00828. The van der Waals surface area contributed by atoms with Crippen LogP contribution < -0.4 is 31.3 Å². The van der Waals surface area contributed by atoms with Crippen LogP contribution >= 0.6 is 11.6 Å². The van der Waals surface area contributed by atoms with Gasteiger partial charge in [0, 0.05) is 34.5 Å². The minimum atomic E-state index is -4.61. The molecular formula is C35H33ClF4N8O4. The third-order valence-electron chi connectivity index (χ3n) is 8.69. The highest BCUT2D eigenvalue weighted by Gasteiger charge is 2.45. The van der Waals surface area contributed by atoms with Crippen LogP contribution in [0.1, 0.15) is 48.0 Å². The zero-order valence-electron chi connectivity index (χ0n) is 27.4. The number of hydrogen-bond acceptors (Lipinski definition) is 9. The van der Waals surface area contributed by atoms with Crippen molar-refractivity contribution in [3.63, 3.8) is 0 Å². The number of aromatic nitrogens is 3. The number of halogens is 5. The fourth-order valence-electron chi connectivity index (χ4n) is 5.86. The molecular weight excluding hydrogens is 708 g/mol. The molecule has 1 heterocycles. The largest absolute Gasteiger partial charge is 0.454 e. The number of carbonyl (C=O) groups excluding carboxylic acids is 3. The van der Waals surface area contributed by atoms with E-state index in [9.17, 15) is 31.9 Å². The summed E-state index contributed by atoms with van der Waals surface area (Å²) in [6.07, 6.45) is -0.919. The molecule has 2 aliphatic rings. The van der Waals surface area contributed by atoms with Gasteiger partial charge in [-0.1, -0.05) is 30.2 Å². The molecule has 0 saturated heterocycles. The number of ether oxygens (including phenoxy) is 1. The Balaban J connectivity index is 1.06. The summed E-state index contributed by atoms with van der Waals surface area (Å²) in [7, 11) is 0. The topological polar surface area (TPSA) is 159 Å². The maximum absolute atomic E-state index is 13.1. The molecule has 0 radical (unpaired) electrons. The van der Waals surface area contributed by atoms with Crippen molar-refractivity contribution in [2.24, 2.45) is 5.92 Å². The lowest BCUT2D eigenvalue weighted by molar-refractivity contribution is -0.154. The van der Waals surface area contributed by atoms with Gasteiger partial charge in [-0.3, -0.25) is 14.4 Å². The van der Waals surface area contributed by atoms with Gasteiger partial charge < -0.3 is 31.3 Å². The predicted molar refractivity (Wildman–Crippen MR) is 184 cm³/mol. The third-order valence-corrected chi connectivity index (χ3v) is 8.94. The number of anilines is 4. The van der Waals surface area contributed by atoms with Gasteiger partial charge in [0.05, 0.1) is 5.54 Å². The Morgan fingerprint density at radius 2 is 1.52 bits per heavy atom. The molecule has 2 saturated carbocycles. The highest BCUT2D eigenvalue weighted by atomic mass is 35.5. The molecule has 6 rings (SSSR count). The molecule has 3 aromatic carbocycles. The highest BCUT2D eigenvalue weighted by molar-refractivity contribution is 6.39. The lowest BCUT2D eigenvalue weighted by atomic mass is 10.0. The van der Waals surface area contributed by atoms with E-state index in [1.807, 2.05) is 12.1 Å². The normalized spacial score (nSPS) is 17.5. The lowest BCUT2D eigenvalue weighted by Crippen LogP contribution is -2.44. The summed E-state index contributed by atoms with van der Waals surface area (Å²) in [4.78, 5) is 50.2. The van der Waals surface area contributed by atoms with Crippen molar-refractivity contribution in [2.45, 2.75) is 49.9 Å². The number of amides is 3. The molecule has 3 amide bonds. The van der Waals surface area contributed by atoms with E-state index in [-0.39, 0.29) is 42.0 Å². The maximum Gasteiger partial charge on any atom is 0.422 e. The number of alkyl halides is 3. The van der Waals surface area contributed by atoms with Crippen LogP contribution in [0.15, 0.2) is 72.8 Å². The number of nitrogens with one attached hydrogen (secondary N) is 5. The Labute approximate surface area is 300 Å². The predicted octanol–water partition coefficient (Wildman–Crippen LogP) is 6.10.